The highest BCUT2D eigenvalue weighted by Crippen LogP contribution is 2.18. The van der Waals surface area contributed by atoms with Gasteiger partial charge in [0.1, 0.15) is 0 Å². The van der Waals surface area contributed by atoms with Gasteiger partial charge in [0.25, 0.3) is 0 Å². The summed E-state index contributed by atoms with van der Waals surface area (Å²) in [6.45, 7) is 3.19. The Bertz CT molecular complexity index is 344. The van der Waals surface area contributed by atoms with Crippen LogP contribution in [0.5, 0.6) is 0 Å². The van der Waals surface area contributed by atoms with Crippen molar-refractivity contribution in [2.75, 3.05) is 6.61 Å². The largest absolute Gasteiger partial charge is 0.461 e. The maximum Gasteiger partial charge on any atom is 0.358 e. The van der Waals surface area contributed by atoms with Gasteiger partial charge in [-0.1, -0.05) is 0 Å². The number of rotatable bonds is 2. The third-order valence-corrected chi connectivity index (χ3v) is 2.48. The lowest BCUT2D eigenvalue weighted by molar-refractivity contribution is 0.0518. The average molecular weight is 194 g/mol. The molecule has 0 fully saturated rings. The molecule has 2 rings (SSSR count). The highest BCUT2D eigenvalue weighted by molar-refractivity contribution is 5.88. The van der Waals surface area contributed by atoms with Crippen molar-refractivity contribution in [3.63, 3.8) is 0 Å². The molecule has 1 aromatic heterocycles. The molecule has 4 heteroatoms. The second kappa shape index (κ2) is 3.82. The van der Waals surface area contributed by atoms with Crippen LogP contribution in [0.2, 0.25) is 0 Å². The van der Waals surface area contributed by atoms with E-state index in [1.807, 2.05) is 0 Å². The predicted molar refractivity (Wildman–Crippen MR) is 51.1 cm³/mol. The lowest BCUT2D eigenvalue weighted by Gasteiger charge is -2.14. The molecule has 0 saturated heterocycles. The van der Waals surface area contributed by atoms with Gasteiger partial charge in [-0.05, 0) is 26.2 Å². The van der Waals surface area contributed by atoms with Crippen molar-refractivity contribution in [2.24, 2.45) is 0 Å². The van der Waals surface area contributed by atoms with Gasteiger partial charge in [-0.2, -0.15) is 0 Å². The number of carbonyl (C=O) groups excluding carboxylic acids is 1. The molecule has 0 saturated carbocycles. The molecule has 0 aliphatic carbocycles. The van der Waals surface area contributed by atoms with E-state index in [9.17, 15) is 4.79 Å². The van der Waals surface area contributed by atoms with Gasteiger partial charge in [0, 0.05) is 6.54 Å². The molecular weight excluding hydrogens is 180 g/mol. The fraction of sp³-hybridized carbons (Fsp3) is 0.600. The monoisotopic (exact) mass is 194 g/mol. The zero-order valence-electron chi connectivity index (χ0n) is 8.32. The molecule has 4 nitrogen and oxygen atoms in total. The fourth-order valence-electron chi connectivity index (χ4n) is 1.81. The van der Waals surface area contributed by atoms with Gasteiger partial charge in [-0.15, -0.1) is 0 Å². The first-order chi connectivity index (χ1) is 6.83. The van der Waals surface area contributed by atoms with Gasteiger partial charge in [0.15, 0.2) is 5.69 Å². The molecule has 76 valence electrons. The lowest BCUT2D eigenvalue weighted by atomic mass is 10.1. The van der Waals surface area contributed by atoms with Gasteiger partial charge in [-0.25, -0.2) is 9.78 Å². The molecule has 0 N–H and O–H groups in total. The molecule has 1 aliphatic heterocycles. The molecule has 14 heavy (non-hydrogen) atoms. The fourth-order valence-corrected chi connectivity index (χ4v) is 1.81. The molecule has 0 spiro atoms. The summed E-state index contributed by atoms with van der Waals surface area (Å²) in [7, 11) is 0. The lowest BCUT2D eigenvalue weighted by Crippen LogP contribution is -2.14. The summed E-state index contributed by atoms with van der Waals surface area (Å²) in [5, 5.41) is 0. The molecule has 0 bridgehead atoms. The number of esters is 1. The van der Waals surface area contributed by atoms with Crippen molar-refractivity contribution >= 4 is 5.97 Å². The standard InChI is InChI=1S/C10H14N2O2/c1-2-14-10(13)9-8-5-3-4-6-12(8)7-11-9/h7H,2-6H2,1H3. The summed E-state index contributed by atoms with van der Waals surface area (Å²) in [5.74, 6) is -0.289. The number of ether oxygens (including phenoxy) is 1. The minimum Gasteiger partial charge on any atom is -0.461 e. The molecular formula is C10H14N2O2. The highest BCUT2D eigenvalue weighted by atomic mass is 16.5. The summed E-state index contributed by atoms with van der Waals surface area (Å²) in [6.07, 6.45) is 4.98. The van der Waals surface area contributed by atoms with Gasteiger partial charge in [-0.3, -0.25) is 0 Å². The molecule has 0 atom stereocenters. The first kappa shape index (κ1) is 9.24. The Morgan fingerprint density at radius 3 is 3.29 bits per heavy atom. The Labute approximate surface area is 82.9 Å². The van der Waals surface area contributed by atoms with E-state index < -0.39 is 0 Å². The zero-order chi connectivity index (χ0) is 9.97. The number of imidazole rings is 1. The minimum absolute atomic E-state index is 0.289. The van der Waals surface area contributed by atoms with Gasteiger partial charge in [0.05, 0.1) is 18.6 Å². The topological polar surface area (TPSA) is 44.1 Å². The number of carbonyl (C=O) groups is 1. The number of aryl methyl sites for hydroxylation is 1. The summed E-state index contributed by atoms with van der Waals surface area (Å²) in [6, 6.07) is 0. The number of fused-ring (bicyclic) bond motifs is 1. The Kier molecular flexibility index (Phi) is 2.52. The van der Waals surface area contributed by atoms with Crippen LogP contribution >= 0.6 is 0 Å². The zero-order valence-corrected chi connectivity index (χ0v) is 8.32. The van der Waals surface area contributed by atoms with Crippen LogP contribution in [0.25, 0.3) is 0 Å². The number of aromatic nitrogens is 2. The van der Waals surface area contributed by atoms with Crippen molar-refractivity contribution < 1.29 is 9.53 Å². The van der Waals surface area contributed by atoms with Crippen LogP contribution in [-0.4, -0.2) is 22.1 Å². The maximum atomic E-state index is 11.5. The molecule has 1 aliphatic rings. The Hall–Kier alpha value is -1.32. The minimum atomic E-state index is -0.289. The van der Waals surface area contributed by atoms with Crippen LogP contribution in [0.3, 0.4) is 0 Å². The third-order valence-electron chi connectivity index (χ3n) is 2.48. The smallest absolute Gasteiger partial charge is 0.358 e. The molecule has 0 unspecified atom stereocenters. The highest BCUT2D eigenvalue weighted by Gasteiger charge is 2.20. The van der Waals surface area contributed by atoms with E-state index in [1.54, 1.807) is 13.3 Å². The molecule has 0 amide bonds. The van der Waals surface area contributed by atoms with Crippen LogP contribution in [-0.2, 0) is 17.7 Å². The Morgan fingerprint density at radius 2 is 2.50 bits per heavy atom. The van der Waals surface area contributed by atoms with Crippen molar-refractivity contribution in [3.8, 4) is 0 Å². The van der Waals surface area contributed by atoms with E-state index in [2.05, 4.69) is 9.55 Å². The predicted octanol–water partition coefficient (Wildman–Crippen LogP) is 1.40. The normalized spacial score (nSPS) is 14.9. The first-order valence-corrected chi connectivity index (χ1v) is 5.04. The molecule has 1 aromatic rings. The second-order valence-corrected chi connectivity index (χ2v) is 3.41. The van der Waals surface area contributed by atoms with Crippen LogP contribution < -0.4 is 0 Å². The Morgan fingerprint density at radius 1 is 1.64 bits per heavy atom. The average Bonchev–Trinajstić information content (AvgIpc) is 2.61. The van der Waals surface area contributed by atoms with E-state index in [1.165, 1.54) is 6.42 Å². The van der Waals surface area contributed by atoms with E-state index in [4.69, 9.17) is 4.74 Å². The second-order valence-electron chi connectivity index (χ2n) is 3.41. The summed E-state index contributed by atoms with van der Waals surface area (Å²) in [4.78, 5) is 15.6. The SMILES string of the molecule is CCOC(=O)c1ncn2c1CCCC2. The van der Waals surface area contributed by atoms with E-state index in [-0.39, 0.29) is 5.97 Å². The van der Waals surface area contributed by atoms with Crippen LogP contribution in [0.1, 0.15) is 35.9 Å². The van der Waals surface area contributed by atoms with Gasteiger partial charge in [0.2, 0.25) is 0 Å². The molecule has 0 aromatic carbocycles. The van der Waals surface area contributed by atoms with Crippen molar-refractivity contribution in [2.45, 2.75) is 32.7 Å². The number of hydrogen-bond donors (Lipinski definition) is 0. The van der Waals surface area contributed by atoms with Crippen LogP contribution in [0, 0.1) is 0 Å². The van der Waals surface area contributed by atoms with E-state index in [0.717, 1.165) is 25.1 Å². The van der Waals surface area contributed by atoms with Crippen molar-refractivity contribution in [1.82, 2.24) is 9.55 Å². The third kappa shape index (κ3) is 1.52. The van der Waals surface area contributed by atoms with E-state index >= 15 is 0 Å². The Balaban J connectivity index is 2.25. The quantitative estimate of drug-likeness (QED) is 0.668. The summed E-state index contributed by atoms with van der Waals surface area (Å²) in [5.41, 5.74) is 1.54. The van der Waals surface area contributed by atoms with Gasteiger partial charge >= 0.3 is 5.97 Å². The van der Waals surface area contributed by atoms with Crippen LogP contribution in [0.4, 0.5) is 0 Å². The molecule has 0 radical (unpaired) electrons. The first-order valence-electron chi connectivity index (χ1n) is 5.04. The summed E-state index contributed by atoms with van der Waals surface area (Å²) < 4.78 is 6.99. The summed E-state index contributed by atoms with van der Waals surface area (Å²) >= 11 is 0. The number of hydrogen-bond acceptors (Lipinski definition) is 3. The number of nitrogens with zero attached hydrogens (tertiary/aromatic N) is 2. The van der Waals surface area contributed by atoms with Crippen molar-refractivity contribution in [1.29, 1.82) is 0 Å². The van der Waals surface area contributed by atoms with Gasteiger partial charge < -0.3 is 9.30 Å². The maximum absolute atomic E-state index is 11.5. The van der Waals surface area contributed by atoms with E-state index in [0.29, 0.717) is 12.3 Å². The van der Waals surface area contributed by atoms with Crippen LogP contribution in [0.15, 0.2) is 6.33 Å². The van der Waals surface area contributed by atoms with Crippen molar-refractivity contribution in [3.05, 3.63) is 17.7 Å². The molecule has 2 heterocycles.